The van der Waals surface area contributed by atoms with Gasteiger partial charge in [0.15, 0.2) is 0 Å². The molecule has 0 aliphatic heterocycles. The summed E-state index contributed by atoms with van der Waals surface area (Å²) in [7, 11) is 0. The van der Waals surface area contributed by atoms with Gasteiger partial charge in [0.2, 0.25) is 5.91 Å². The maximum absolute atomic E-state index is 12.5. The predicted molar refractivity (Wildman–Crippen MR) is 310 cm³/mol. The zero-order chi connectivity index (χ0) is 51.4. The lowest BCUT2D eigenvalue weighted by atomic mass is 10.0. The van der Waals surface area contributed by atoms with Crippen LogP contribution in [-0.4, -0.2) is 47.4 Å². The number of allylic oxidation sites excluding steroid dienone is 2. The summed E-state index contributed by atoms with van der Waals surface area (Å²) in [6, 6.07) is -0.545. The highest BCUT2D eigenvalue weighted by Gasteiger charge is 2.20. The van der Waals surface area contributed by atoms with Gasteiger partial charge in [-0.2, -0.15) is 0 Å². The van der Waals surface area contributed by atoms with Crippen LogP contribution in [0.3, 0.4) is 0 Å². The number of amides is 1. The van der Waals surface area contributed by atoms with Crippen molar-refractivity contribution in [3.63, 3.8) is 0 Å². The smallest absolute Gasteiger partial charge is 0.305 e. The van der Waals surface area contributed by atoms with Gasteiger partial charge in [-0.15, -0.1) is 0 Å². The van der Waals surface area contributed by atoms with E-state index < -0.39 is 12.1 Å². The summed E-state index contributed by atoms with van der Waals surface area (Å²) in [6.07, 6.45) is 73.7. The molecule has 0 aromatic rings. The van der Waals surface area contributed by atoms with E-state index in [-0.39, 0.29) is 18.5 Å². The topological polar surface area (TPSA) is 95.9 Å². The Morgan fingerprint density at radius 1 is 0.380 bits per heavy atom. The van der Waals surface area contributed by atoms with Crippen LogP contribution in [0.1, 0.15) is 367 Å². The molecule has 0 bridgehead atoms. The molecule has 71 heavy (non-hydrogen) atoms. The minimum atomic E-state index is -0.668. The number of unbranched alkanes of at least 4 members (excludes halogenated alkanes) is 48. The van der Waals surface area contributed by atoms with Crippen molar-refractivity contribution in [1.29, 1.82) is 0 Å². The van der Waals surface area contributed by atoms with Gasteiger partial charge in [0.25, 0.3) is 0 Å². The summed E-state index contributed by atoms with van der Waals surface area (Å²) in [5, 5.41) is 23.4. The SMILES string of the molecule is CCCCCCC/C=C\CCCCCCCC(=O)OCCCCCCCCCCCCCCCCCCCCC(=O)NC(CO)C(O)CCCCCCCCCCCCCCCCCCCCCCCC. The fourth-order valence-corrected chi connectivity index (χ4v) is 10.3. The average molecular weight is 1000 g/mol. The van der Waals surface area contributed by atoms with Crippen molar-refractivity contribution in [3.05, 3.63) is 12.2 Å². The molecular formula is C65H127NO5. The van der Waals surface area contributed by atoms with Gasteiger partial charge in [0, 0.05) is 12.8 Å². The molecule has 3 N–H and O–H groups in total. The second-order valence-electron chi connectivity index (χ2n) is 22.5. The van der Waals surface area contributed by atoms with Crippen LogP contribution in [0.2, 0.25) is 0 Å². The largest absolute Gasteiger partial charge is 0.466 e. The molecule has 0 aliphatic rings. The Morgan fingerprint density at radius 2 is 0.662 bits per heavy atom. The van der Waals surface area contributed by atoms with Gasteiger partial charge >= 0.3 is 5.97 Å². The Kier molecular flexibility index (Phi) is 59.9. The summed E-state index contributed by atoms with van der Waals surface area (Å²) in [4.78, 5) is 24.6. The lowest BCUT2D eigenvalue weighted by Gasteiger charge is -2.22. The van der Waals surface area contributed by atoms with E-state index in [0.717, 1.165) is 44.9 Å². The van der Waals surface area contributed by atoms with Crippen molar-refractivity contribution in [2.24, 2.45) is 0 Å². The van der Waals surface area contributed by atoms with E-state index in [2.05, 4.69) is 31.3 Å². The van der Waals surface area contributed by atoms with Gasteiger partial charge in [0.05, 0.1) is 25.4 Å². The molecule has 6 heteroatoms. The molecule has 0 spiro atoms. The molecule has 2 atom stereocenters. The molecule has 422 valence electrons. The second kappa shape index (κ2) is 61.1. The number of carbonyl (C=O) groups excluding carboxylic acids is 2. The number of hydrogen-bond donors (Lipinski definition) is 3. The summed E-state index contributed by atoms with van der Waals surface area (Å²) in [5.74, 6) is -0.0348. The number of carbonyl (C=O) groups is 2. The van der Waals surface area contributed by atoms with E-state index in [9.17, 15) is 19.8 Å². The molecule has 0 heterocycles. The quantitative estimate of drug-likeness (QED) is 0.0320. The van der Waals surface area contributed by atoms with Gasteiger partial charge in [-0.25, -0.2) is 0 Å². The first kappa shape index (κ1) is 69.6. The van der Waals surface area contributed by atoms with E-state index in [0.29, 0.717) is 25.9 Å². The molecule has 1 amide bonds. The summed E-state index contributed by atoms with van der Waals surface area (Å²) >= 11 is 0. The molecule has 0 aliphatic carbocycles. The monoisotopic (exact) mass is 1000 g/mol. The van der Waals surface area contributed by atoms with Crippen LogP contribution in [-0.2, 0) is 14.3 Å². The maximum Gasteiger partial charge on any atom is 0.305 e. The van der Waals surface area contributed by atoms with Crippen molar-refractivity contribution in [2.45, 2.75) is 379 Å². The molecule has 6 nitrogen and oxygen atoms in total. The van der Waals surface area contributed by atoms with Crippen molar-refractivity contribution in [1.82, 2.24) is 5.32 Å². The maximum atomic E-state index is 12.5. The van der Waals surface area contributed by atoms with Crippen LogP contribution in [0.15, 0.2) is 12.2 Å². The third-order valence-electron chi connectivity index (χ3n) is 15.3. The Balaban J connectivity index is 3.40. The van der Waals surface area contributed by atoms with Crippen LogP contribution in [0.25, 0.3) is 0 Å². The first-order valence-corrected chi connectivity index (χ1v) is 32.4. The standard InChI is InChI=1S/C65H127NO5/c1-3-5-7-9-11-13-15-17-19-20-21-22-23-24-27-30-33-37-41-45-49-53-57-63(68)62(61-67)66-64(69)58-54-50-46-42-38-34-31-28-25-26-29-32-36-40-44-48-52-56-60-71-65(70)59-55-51-47-43-39-35-18-16-14-12-10-8-6-4-2/h16,18,62-63,67-68H,3-15,17,19-61H2,1-2H3,(H,66,69)/b18-16-. The highest BCUT2D eigenvalue weighted by Crippen LogP contribution is 2.18. The highest BCUT2D eigenvalue weighted by molar-refractivity contribution is 5.76. The molecule has 0 aromatic heterocycles. The van der Waals surface area contributed by atoms with E-state index in [4.69, 9.17) is 4.74 Å². The fraction of sp³-hybridized carbons (Fsp3) is 0.938. The van der Waals surface area contributed by atoms with Crippen LogP contribution < -0.4 is 5.32 Å². The highest BCUT2D eigenvalue weighted by atomic mass is 16.5. The third kappa shape index (κ3) is 57.7. The van der Waals surface area contributed by atoms with Gasteiger partial charge in [-0.05, 0) is 51.4 Å². The van der Waals surface area contributed by atoms with Gasteiger partial charge < -0.3 is 20.3 Å². The molecule has 0 aromatic carbocycles. The number of hydrogen-bond acceptors (Lipinski definition) is 5. The average Bonchev–Trinajstić information content (AvgIpc) is 3.37. The van der Waals surface area contributed by atoms with E-state index in [1.54, 1.807) is 0 Å². The van der Waals surface area contributed by atoms with Crippen LogP contribution in [0, 0.1) is 0 Å². The van der Waals surface area contributed by atoms with Gasteiger partial charge in [0.1, 0.15) is 0 Å². The van der Waals surface area contributed by atoms with E-state index >= 15 is 0 Å². The summed E-state index contributed by atoms with van der Waals surface area (Å²) < 4.78 is 5.48. The van der Waals surface area contributed by atoms with E-state index in [1.807, 2.05) is 0 Å². The lowest BCUT2D eigenvalue weighted by molar-refractivity contribution is -0.143. The number of nitrogens with one attached hydrogen (secondary N) is 1. The fourth-order valence-electron chi connectivity index (χ4n) is 10.3. The third-order valence-corrected chi connectivity index (χ3v) is 15.3. The molecule has 0 rings (SSSR count). The van der Waals surface area contributed by atoms with Crippen LogP contribution in [0.5, 0.6) is 0 Å². The number of esters is 1. The normalized spacial score (nSPS) is 12.6. The molecule has 2 unspecified atom stereocenters. The number of aliphatic hydroxyl groups is 2. The van der Waals surface area contributed by atoms with Crippen molar-refractivity contribution in [3.8, 4) is 0 Å². The molecule has 0 fully saturated rings. The predicted octanol–water partition coefficient (Wildman–Crippen LogP) is 20.4. The summed E-state index contributed by atoms with van der Waals surface area (Å²) in [6.45, 7) is 4.97. The number of rotatable bonds is 61. The zero-order valence-electron chi connectivity index (χ0n) is 48.2. The number of aliphatic hydroxyl groups excluding tert-OH is 2. The molecular weight excluding hydrogens is 875 g/mol. The minimum Gasteiger partial charge on any atom is -0.466 e. The first-order valence-electron chi connectivity index (χ1n) is 32.4. The second-order valence-corrected chi connectivity index (χ2v) is 22.5. The molecule has 0 saturated carbocycles. The Morgan fingerprint density at radius 3 is 1.00 bits per heavy atom. The lowest BCUT2D eigenvalue weighted by Crippen LogP contribution is -2.45. The van der Waals surface area contributed by atoms with Crippen molar-refractivity contribution >= 4 is 11.9 Å². The van der Waals surface area contributed by atoms with E-state index in [1.165, 1.54) is 289 Å². The molecule has 0 saturated heterocycles. The number of ether oxygens (including phenoxy) is 1. The summed E-state index contributed by atoms with van der Waals surface area (Å²) in [5.41, 5.74) is 0. The van der Waals surface area contributed by atoms with Crippen LogP contribution >= 0.6 is 0 Å². The van der Waals surface area contributed by atoms with Crippen LogP contribution in [0.4, 0.5) is 0 Å². The molecule has 0 radical (unpaired) electrons. The van der Waals surface area contributed by atoms with Gasteiger partial charge in [-0.1, -0.05) is 315 Å². The first-order chi connectivity index (χ1) is 35.0. The Labute approximate surface area is 444 Å². The Bertz CT molecular complexity index is 1060. The minimum absolute atomic E-state index is 0.0000521. The van der Waals surface area contributed by atoms with Gasteiger partial charge in [-0.3, -0.25) is 9.59 Å². The van der Waals surface area contributed by atoms with Crippen molar-refractivity contribution in [2.75, 3.05) is 13.2 Å². The zero-order valence-corrected chi connectivity index (χ0v) is 48.2. The van der Waals surface area contributed by atoms with Crippen molar-refractivity contribution < 1.29 is 24.5 Å². The Hall–Kier alpha value is -1.40.